The number of esters is 1. The van der Waals surface area contributed by atoms with Gasteiger partial charge in [-0.05, 0) is 18.8 Å². The largest absolute Gasteiger partial charge is 0.469 e. The first-order valence-electron chi connectivity index (χ1n) is 7.11. The second-order valence-corrected chi connectivity index (χ2v) is 5.96. The molecule has 0 aromatic carbocycles. The van der Waals surface area contributed by atoms with Gasteiger partial charge < -0.3 is 9.57 Å². The Morgan fingerprint density at radius 1 is 1.29 bits per heavy atom. The second kappa shape index (κ2) is 7.33. The van der Waals surface area contributed by atoms with Gasteiger partial charge in [0.05, 0.1) is 19.2 Å². The summed E-state index contributed by atoms with van der Waals surface area (Å²) in [5.74, 6) is -1.79. The van der Waals surface area contributed by atoms with Crippen molar-refractivity contribution < 1.29 is 24.0 Å². The molecular weight excluding hydrogens is 274 g/mol. The second-order valence-electron chi connectivity index (χ2n) is 5.96. The molecule has 0 saturated heterocycles. The van der Waals surface area contributed by atoms with Crippen LogP contribution in [0.25, 0.3) is 0 Å². The van der Waals surface area contributed by atoms with E-state index in [1.54, 1.807) is 6.92 Å². The number of Topliss-reactive ketones (excluding diaryl/α,β-unsaturated/α-hetero) is 2. The lowest BCUT2D eigenvalue weighted by molar-refractivity contribution is -0.143. The molecule has 1 unspecified atom stereocenters. The fraction of sp³-hybridized carbons (Fsp3) is 0.733. The summed E-state index contributed by atoms with van der Waals surface area (Å²) in [6.45, 7) is 6.08. The highest BCUT2D eigenvalue weighted by Gasteiger charge is 2.42. The van der Waals surface area contributed by atoms with Gasteiger partial charge in [-0.15, -0.1) is 0 Å². The lowest BCUT2D eigenvalue weighted by Crippen LogP contribution is -2.42. The number of methoxy groups -OCH3 is 1. The Morgan fingerprint density at radius 2 is 1.95 bits per heavy atom. The molecule has 0 spiro atoms. The van der Waals surface area contributed by atoms with Crippen LogP contribution in [0.5, 0.6) is 0 Å². The van der Waals surface area contributed by atoms with Gasteiger partial charge in [0.2, 0.25) is 0 Å². The van der Waals surface area contributed by atoms with Gasteiger partial charge in [0.25, 0.3) is 0 Å². The summed E-state index contributed by atoms with van der Waals surface area (Å²) >= 11 is 0. The number of rotatable bonds is 6. The summed E-state index contributed by atoms with van der Waals surface area (Å²) < 4.78 is 4.51. The molecular formula is C15H23NO5. The summed E-state index contributed by atoms with van der Waals surface area (Å²) in [6.07, 6.45) is 0.819. The average molecular weight is 297 g/mol. The number of oxime groups is 1. The molecule has 0 aromatic rings. The van der Waals surface area contributed by atoms with E-state index in [1.807, 2.05) is 13.8 Å². The number of ether oxygens (including phenoxy) is 1. The van der Waals surface area contributed by atoms with Crippen LogP contribution in [0.2, 0.25) is 0 Å². The number of hydrogen-bond acceptors (Lipinski definition) is 6. The molecule has 21 heavy (non-hydrogen) atoms. The topological polar surface area (TPSA) is 82.0 Å². The summed E-state index contributed by atoms with van der Waals surface area (Å²) in [4.78, 5) is 40.7. The zero-order valence-electron chi connectivity index (χ0n) is 13.1. The quantitative estimate of drug-likeness (QED) is 0.425. The number of hydrogen-bond donors (Lipinski definition) is 0. The average Bonchev–Trinajstić information content (AvgIpc) is 2.40. The Kier molecular flexibility index (Phi) is 6.05. The molecule has 1 aliphatic carbocycles. The van der Waals surface area contributed by atoms with Crippen LogP contribution in [-0.4, -0.2) is 37.0 Å². The van der Waals surface area contributed by atoms with Gasteiger partial charge in [-0.25, -0.2) is 0 Å². The maximum atomic E-state index is 12.3. The normalized spacial score (nSPS) is 23.0. The Bertz CT molecular complexity index is 453. The highest BCUT2D eigenvalue weighted by atomic mass is 16.6. The summed E-state index contributed by atoms with van der Waals surface area (Å²) in [7, 11) is 1.27. The highest BCUT2D eigenvalue weighted by Crippen LogP contribution is 2.35. The first-order valence-corrected chi connectivity index (χ1v) is 7.11. The SMILES string of the molecule is CCON=C1CC(C)(C)CC(=O)C1C(=O)CCC(=O)OC. The van der Waals surface area contributed by atoms with Crippen molar-refractivity contribution in [3.05, 3.63) is 0 Å². The number of nitrogens with zero attached hydrogens (tertiary/aromatic N) is 1. The highest BCUT2D eigenvalue weighted by molar-refractivity contribution is 6.22. The predicted molar refractivity (Wildman–Crippen MR) is 76.8 cm³/mol. The Balaban J connectivity index is 2.86. The van der Waals surface area contributed by atoms with Gasteiger partial charge in [0.1, 0.15) is 24.1 Å². The van der Waals surface area contributed by atoms with Crippen molar-refractivity contribution >= 4 is 23.2 Å². The van der Waals surface area contributed by atoms with Crippen LogP contribution in [0, 0.1) is 11.3 Å². The smallest absolute Gasteiger partial charge is 0.305 e. The molecule has 0 radical (unpaired) electrons. The van der Waals surface area contributed by atoms with E-state index in [0.29, 0.717) is 25.2 Å². The van der Waals surface area contributed by atoms with E-state index >= 15 is 0 Å². The minimum Gasteiger partial charge on any atom is -0.469 e. The zero-order valence-corrected chi connectivity index (χ0v) is 13.1. The van der Waals surface area contributed by atoms with E-state index in [1.165, 1.54) is 7.11 Å². The van der Waals surface area contributed by atoms with Crippen LogP contribution in [-0.2, 0) is 24.0 Å². The molecule has 0 N–H and O–H groups in total. The molecule has 1 rings (SSSR count). The third-order valence-corrected chi connectivity index (χ3v) is 3.40. The standard InChI is InChI=1S/C15H23NO5/c1-5-21-16-10-8-15(2,3)9-12(18)14(10)11(17)6-7-13(19)20-4/h14H,5-9H2,1-4H3. The van der Waals surface area contributed by atoms with Crippen LogP contribution in [0.1, 0.15) is 46.5 Å². The van der Waals surface area contributed by atoms with Crippen LogP contribution < -0.4 is 0 Å². The molecule has 118 valence electrons. The van der Waals surface area contributed by atoms with Gasteiger partial charge >= 0.3 is 5.97 Å². The molecule has 6 nitrogen and oxygen atoms in total. The minimum absolute atomic E-state index is 0.0192. The third-order valence-electron chi connectivity index (χ3n) is 3.40. The van der Waals surface area contributed by atoms with Crippen molar-refractivity contribution in [1.82, 2.24) is 0 Å². The van der Waals surface area contributed by atoms with E-state index < -0.39 is 11.9 Å². The Labute approximate surface area is 124 Å². The van der Waals surface area contributed by atoms with E-state index in [2.05, 4.69) is 9.89 Å². The van der Waals surface area contributed by atoms with E-state index in [9.17, 15) is 14.4 Å². The van der Waals surface area contributed by atoms with Gasteiger partial charge in [-0.3, -0.25) is 14.4 Å². The number of carbonyl (C=O) groups is 3. The lowest BCUT2D eigenvalue weighted by Gasteiger charge is -2.33. The molecule has 1 saturated carbocycles. The molecule has 1 fully saturated rings. The maximum Gasteiger partial charge on any atom is 0.305 e. The van der Waals surface area contributed by atoms with Gasteiger partial charge in [-0.2, -0.15) is 0 Å². The molecule has 6 heteroatoms. The molecule has 0 aliphatic heterocycles. The summed E-state index contributed by atoms with van der Waals surface area (Å²) in [6, 6.07) is 0. The molecule has 0 heterocycles. The van der Waals surface area contributed by atoms with Crippen molar-refractivity contribution in [2.75, 3.05) is 13.7 Å². The summed E-state index contributed by atoms with van der Waals surface area (Å²) in [5.41, 5.74) is 0.236. The van der Waals surface area contributed by atoms with E-state index in [4.69, 9.17) is 4.84 Å². The number of carbonyl (C=O) groups excluding carboxylic acids is 3. The van der Waals surface area contributed by atoms with Crippen LogP contribution in [0.3, 0.4) is 0 Å². The van der Waals surface area contributed by atoms with Crippen LogP contribution >= 0.6 is 0 Å². The Morgan fingerprint density at radius 3 is 2.52 bits per heavy atom. The maximum absolute atomic E-state index is 12.3. The van der Waals surface area contributed by atoms with Crippen molar-refractivity contribution in [3.63, 3.8) is 0 Å². The molecule has 1 atom stereocenters. The monoisotopic (exact) mass is 297 g/mol. The van der Waals surface area contributed by atoms with Crippen molar-refractivity contribution in [3.8, 4) is 0 Å². The summed E-state index contributed by atoms with van der Waals surface area (Å²) in [5, 5.41) is 3.96. The fourth-order valence-corrected chi connectivity index (χ4v) is 2.48. The van der Waals surface area contributed by atoms with Gasteiger partial charge in [0.15, 0.2) is 0 Å². The first-order chi connectivity index (χ1) is 9.80. The van der Waals surface area contributed by atoms with Crippen molar-refractivity contribution in [2.45, 2.75) is 46.5 Å². The van der Waals surface area contributed by atoms with E-state index in [-0.39, 0.29) is 29.8 Å². The van der Waals surface area contributed by atoms with E-state index in [0.717, 1.165) is 0 Å². The first kappa shape index (κ1) is 17.3. The molecule has 0 amide bonds. The molecule has 0 bridgehead atoms. The minimum atomic E-state index is -0.880. The third kappa shape index (κ3) is 4.95. The van der Waals surface area contributed by atoms with Crippen molar-refractivity contribution in [2.24, 2.45) is 16.5 Å². The van der Waals surface area contributed by atoms with Gasteiger partial charge in [-0.1, -0.05) is 19.0 Å². The molecule has 0 aromatic heterocycles. The Hall–Kier alpha value is -1.72. The zero-order chi connectivity index (χ0) is 16.0. The molecule has 1 aliphatic rings. The fourth-order valence-electron chi connectivity index (χ4n) is 2.48. The van der Waals surface area contributed by atoms with Crippen LogP contribution in [0.4, 0.5) is 0 Å². The predicted octanol–water partition coefficient (Wildman–Crippen LogP) is 1.91. The number of ketones is 2. The van der Waals surface area contributed by atoms with Gasteiger partial charge in [0, 0.05) is 12.8 Å². The van der Waals surface area contributed by atoms with Crippen molar-refractivity contribution in [1.29, 1.82) is 0 Å². The lowest BCUT2D eigenvalue weighted by atomic mass is 9.69. The van der Waals surface area contributed by atoms with Crippen LogP contribution in [0.15, 0.2) is 5.16 Å².